The van der Waals surface area contributed by atoms with E-state index in [2.05, 4.69) is 33.9 Å². The highest BCUT2D eigenvalue weighted by Gasteiger charge is 2.40. The highest BCUT2D eigenvalue weighted by Crippen LogP contribution is 2.37. The molecule has 3 atom stereocenters. The molecule has 19 heavy (non-hydrogen) atoms. The van der Waals surface area contributed by atoms with Crippen molar-refractivity contribution < 1.29 is 14.3 Å². The van der Waals surface area contributed by atoms with Gasteiger partial charge in [-0.2, -0.15) is 0 Å². The second-order valence-corrected chi connectivity index (χ2v) is 12.2. The fraction of sp³-hybridized carbons (Fsp3) is 0.933. The number of aliphatic hydroxyl groups excluding tert-OH is 1. The Labute approximate surface area is 119 Å². The van der Waals surface area contributed by atoms with Crippen molar-refractivity contribution in [1.29, 1.82) is 0 Å². The van der Waals surface area contributed by atoms with Gasteiger partial charge in [0.2, 0.25) is 0 Å². The van der Waals surface area contributed by atoms with E-state index in [1.807, 2.05) is 20.8 Å². The van der Waals surface area contributed by atoms with Crippen LogP contribution in [0.4, 0.5) is 0 Å². The first-order valence-electron chi connectivity index (χ1n) is 7.21. The molecule has 0 rings (SSSR count). The van der Waals surface area contributed by atoms with Crippen LogP contribution >= 0.6 is 0 Å². The Kier molecular flexibility index (Phi) is 6.44. The molecule has 0 saturated carbocycles. The Morgan fingerprint density at radius 2 is 1.53 bits per heavy atom. The number of carbonyl (C=O) groups excluding carboxylic acids is 1. The molecule has 0 bridgehead atoms. The van der Waals surface area contributed by atoms with E-state index in [1.54, 1.807) is 6.92 Å². The summed E-state index contributed by atoms with van der Waals surface area (Å²) in [4.78, 5) is 12.3. The summed E-state index contributed by atoms with van der Waals surface area (Å²) in [6.45, 7) is 18.2. The molecule has 0 aliphatic carbocycles. The van der Waals surface area contributed by atoms with Crippen LogP contribution in [-0.2, 0) is 9.22 Å². The fourth-order valence-electron chi connectivity index (χ4n) is 1.79. The number of Topliss-reactive ketones (excluding diaryl/α,β-unsaturated/α-hetero) is 1. The lowest BCUT2D eigenvalue weighted by Crippen LogP contribution is -2.47. The average molecular weight is 289 g/mol. The van der Waals surface area contributed by atoms with Crippen molar-refractivity contribution in [2.24, 2.45) is 11.8 Å². The summed E-state index contributed by atoms with van der Waals surface area (Å²) < 4.78 is 6.09. The predicted molar refractivity (Wildman–Crippen MR) is 82.8 cm³/mol. The molecule has 0 aromatic heterocycles. The first kappa shape index (κ1) is 18.8. The van der Waals surface area contributed by atoms with Crippen LogP contribution in [0.15, 0.2) is 0 Å². The van der Waals surface area contributed by atoms with Gasteiger partial charge in [0.15, 0.2) is 14.1 Å². The van der Waals surface area contributed by atoms with Crippen molar-refractivity contribution in [2.75, 3.05) is 0 Å². The van der Waals surface area contributed by atoms with Gasteiger partial charge in [-0.05, 0) is 31.0 Å². The van der Waals surface area contributed by atoms with E-state index < -0.39 is 20.5 Å². The molecular weight excluding hydrogens is 256 g/mol. The molecule has 3 nitrogen and oxygen atoms in total. The van der Waals surface area contributed by atoms with Gasteiger partial charge in [-0.15, -0.1) is 0 Å². The van der Waals surface area contributed by atoms with Crippen LogP contribution in [0.1, 0.15) is 48.5 Å². The van der Waals surface area contributed by atoms with Crippen molar-refractivity contribution in [1.82, 2.24) is 0 Å². The van der Waals surface area contributed by atoms with E-state index in [0.29, 0.717) is 0 Å². The zero-order chi connectivity index (χ0) is 15.6. The van der Waals surface area contributed by atoms with Gasteiger partial charge >= 0.3 is 0 Å². The molecule has 0 saturated heterocycles. The lowest BCUT2D eigenvalue weighted by atomic mass is 9.90. The Hall–Kier alpha value is -0.193. The SMILES string of the molecule is CC(C)[C@H](O)[C@@H](C)C(=O)[C@H](C)O[Si](C)(C)C(C)(C)C. The van der Waals surface area contributed by atoms with Crippen molar-refractivity contribution >= 4 is 14.1 Å². The fourth-order valence-corrected chi connectivity index (χ4v) is 3.15. The Morgan fingerprint density at radius 3 is 1.84 bits per heavy atom. The minimum absolute atomic E-state index is 0.00558. The van der Waals surface area contributed by atoms with Crippen LogP contribution in [-0.4, -0.2) is 31.4 Å². The van der Waals surface area contributed by atoms with Gasteiger partial charge in [0.1, 0.15) is 6.10 Å². The lowest BCUT2D eigenvalue weighted by molar-refractivity contribution is -0.133. The van der Waals surface area contributed by atoms with E-state index in [4.69, 9.17) is 4.43 Å². The van der Waals surface area contributed by atoms with Crippen LogP contribution in [0.5, 0.6) is 0 Å². The highest BCUT2D eigenvalue weighted by molar-refractivity contribution is 6.74. The highest BCUT2D eigenvalue weighted by atomic mass is 28.4. The largest absolute Gasteiger partial charge is 0.407 e. The summed E-state index contributed by atoms with van der Waals surface area (Å²) in [5.74, 6) is -0.287. The van der Waals surface area contributed by atoms with Crippen molar-refractivity contribution in [2.45, 2.75) is 78.8 Å². The third kappa shape index (κ3) is 5.01. The van der Waals surface area contributed by atoms with Crippen LogP contribution in [0, 0.1) is 11.8 Å². The first-order valence-corrected chi connectivity index (χ1v) is 10.1. The smallest absolute Gasteiger partial charge is 0.193 e. The summed E-state index contributed by atoms with van der Waals surface area (Å²) in [5, 5.41) is 10.1. The van der Waals surface area contributed by atoms with Gasteiger partial charge in [-0.3, -0.25) is 4.79 Å². The standard InChI is InChI=1S/C15H32O3Si/c1-10(2)13(16)11(3)14(17)12(4)18-19(8,9)15(5,6)7/h10-13,16H,1-9H3/t11-,12+,13+/m1/s1. The molecule has 0 aromatic carbocycles. The summed E-state index contributed by atoms with van der Waals surface area (Å²) >= 11 is 0. The predicted octanol–water partition coefficient (Wildman–Crippen LogP) is 3.62. The Bertz CT molecular complexity index is 305. The number of carbonyl (C=O) groups is 1. The third-order valence-electron chi connectivity index (χ3n) is 4.32. The van der Waals surface area contributed by atoms with Gasteiger partial charge in [0, 0.05) is 5.92 Å². The summed E-state index contributed by atoms with van der Waals surface area (Å²) in [5.41, 5.74) is 0. The van der Waals surface area contributed by atoms with Crippen LogP contribution < -0.4 is 0 Å². The Balaban J connectivity index is 4.77. The molecule has 0 amide bonds. The second kappa shape index (κ2) is 6.51. The lowest BCUT2D eigenvalue weighted by Gasteiger charge is -2.38. The maximum atomic E-state index is 12.3. The van der Waals surface area contributed by atoms with Gasteiger partial charge in [0.05, 0.1) is 6.10 Å². The zero-order valence-corrected chi connectivity index (χ0v) is 15.1. The number of hydrogen-bond donors (Lipinski definition) is 1. The number of rotatable bonds is 6. The normalized spacial score (nSPS) is 18.3. The number of hydrogen-bond acceptors (Lipinski definition) is 3. The summed E-state index contributed by atoms with van der Waals surface area (Å²) in [7, 11) is -1.94. The van der Waals surface area contributed by atoms with E-state index in [1.165, 1.54) is 0 Å². The molecule has 0 spiro atoms. The molecule has 1 N–H and O–H groups in total. The number of ketones is 1. The zero-order valence-electron chi connectivity index (χ0n) is 14.1. The minimum Gasteiger partial charge on any atom is -0.407 e. The second-order valence-electron chi connectivity index (χ2n) is 7.45. The van der Waals surface area contributed by atoms with Gasteiger partial charge in [0.25, 0.3) is 0 Å². The van der Waals surface area contributed by atoms with Crippen LogP contribution in [0.25, 0.3) is 0 Å². The molecule has 114 valence electrons. The van der Waals surface area contributed by atoms with E-state index in [0.717, 1.165) is 0 Å². The van der Waals surface area contributed by atoms with Crippen molar-refractivity contribution in [3.05, 3.63) is 0 Å². The molecule has 4 heteroatoms. The Morgan fingerprint density at radius 1 is 1.11 bits per heavy atom. The molecular formula is C15H32O3Si. The maximum absolute atomic E-state index is 12.3. The molecule has 0 aromatic rings. The van der Waals surface area contributed by atoms with Crippen LogP contribution in [0.2, 0.25) is 18.1 Å². The quantitative estimate of drug-likeness (QED) is 0.759. The third-order valence-corrected chi connectivity index (χ3v) is 8.88. The van der Waals surface area contributed by atoms with E-state index in [9.17, 15) is 9.90 Å². The van der Waals surface area contributed by atoms with E-state index >= 15 is 0 Å². The molecule has 0 heterocycles. The molecule has 0 aliphatic heterocycles. The average Bonchev–Trinajstić information content (AvgIpc) is 2.23. The number of aliphatic hydroxyl groups is 1. The van der Waals surface area contributed by atoms with Crippen molar-refractivity contribution in [3.63, 3.8) is 0 Å². The molecule has 0 radical (unpaired) electrons. The maximum Gasteiger partial charge on any atom is 0.193 e. The van der Waals surface area contributed by atoms with Gasteiger partial charge < -0.3 is 9.53 Å². The topological polar surface area (TPSA) is 46.5 Å². The molecule has 0 fully saturated rings. The monoisotopic (exact) mass is 288 g/mol. The first-order chi connectivity index (χ1) is 8.31. The van der Waals surface area contributed by atoms with Crippen molar-refractivity contribution in [3.8, 4) is 0 Å². The summed E-state index contributed by atoms with van der Waals surface area (Å²) in [6.07, 6.45) is -1.04. The van der Waals surface area contributed by atoms with Gasteiger partial charge in [-0.25, -0.2) is 0 Å². The molecule has 0 unspecified atom stereocenters. The minimum atomic E-state index is -1.94. The van der Waals surface area contributed by atoms with Crippen LogP contribution in [0.3, 0.4) is 0 Å². The van der Waals surface area contributed by atoms with Gasteiger partial charge in [-0.1, -0.05) is 41.5 Å². The van der Waals surface area contributed by atoms with E-state index in [-0.39, 0.29) is 22.7 Å². The summed E-state index contributed by atoms with van der Waals surface area (Å²) in [6, 6.07) is 0. The molecule has 0 aliphatic rings.